The maximum Gasteiger partial charge on any atom is 0.416 e. The molecule has 0 atom stereocenters. The molecule has 210 valence electrons. The summed E-state index contributed by atoms with van der Waals surface area (Å²) in [5.74, 6) is 1.16. The Balaban J connectivity index is 1.42. The van der Waals surface area contributed by atoms with Gasteiger partial charge in [-0.2, -0.15) is 13.2 Å². The van der Waals surface area contributed by atoms with Gasteiger partial charge in [-0.1, -0.05) is 0 Å². The summed E-state index contributed by atoms with van der Waals surface area (Å²) in [6.45, 7) is 5.69. The van der Waals surface area contributed by atoms with Crippen LogP contribution in [0.3, 0.4) is 0 Å². The van der Waals surface area contributed by atoms with Crippen molar-refractivity contribution in [1.82, 2.24) is 24.5 Å². The standard InChI is InChI=1S/C27H28F4N8O/c1-16-24(25-33-15-22(28)26(36-25)38-7-9-40-10-8-38)34-17(2)39(16)23-6-5-19(14-32-23)35-20-11-18(27(29,30)31)12-21(13-20)37(3)4/h5-6,11-15,35H,7-10H2,1-4H3. The van der Waals surface area contributed by atoms with Crippen molar-refractivity contribution in [3.05, 3.63) is 65.6 Å². The van der Waals surface area contributed by atoms with Gasteiger partial charge in [-0.3, -0.25) is 4.57 Å². The Morgan fingerprint density at radius 3 is 2.35 bits per heavy atom. The topological polar surface area (TPSA) is 84.2 Å². The number of halogens is 4. The van der Waals surface area contributed by atoms with Gasteiger partial charge < -0.3 is 19.9 Å². The zero-order valence-electron chi connectivity index (χ0n) is 22.4. The predicted octanol–water partition coefficient (Wildman–Crippen LogP) is 5.15. The van der Waals surface area contributed by atoms with E-state index >= 15 is 0 Å². The van der Waals surface area contributed by atoms with Gasteiger partial charge in [0.1, 0.15) is 17.3 Å². The summed E-state index contributed by atoms with van der Waals surface area (Å²) in [4.78, 5) is 21.2. The van der Waals surface area contributed by atoms with Gasteiger partial charge in [0.2, 0.25) is 0 Å². The molecule has 1 aliphatic rings. The Bertz CT molecular complexity index is 1510. The number of hydrogen-bond donors (Lipinski definition) is 1. The molecule has 0 bridgehead atoms. The normalized spacial score (nSPS) is 13.9. The first kappa shape index (κ1) is 27.3. The van der Waals surface area contributed by atoms with E-state index in [-0.39, 0.29) is 11.5 Å². The highest BCUT2D eigenvalue weighted by Gasteiger charge is 2.31. The van der Waals surface area contributed by atoms with E-state index in [1.165, 1.54) is 6.20 Å². The maximum atomic E-state index is 14.5. The first-order chi connectivity index (χ1) is 19.0. The fourth-order valence-corrected chi connectivity index (χ4v) is 4.52. The quantitative estimate of drug-likeness (QED) is 0.327. The van der Waals surface area contributed by atoms with Gasteiger partial charge in [0, 0.05) is 38.6 Å². The van der Waals surface area contributed by atoms with Crippen LogP contribution in [0.4, 0.5) is 40.4 Å². The van der Waals surface area contributed by atoms with E-state index in [0.717, 1.165) is 18.3 Å². The van der Waals surface area contributed by atoms with Gasteiger partial charge in [-0.25, -0.2) is 24.3 Å². The Labute approximate surface area is 228 Å². The van der Waals surface area contributed by atoms with Crippen LogP contribution in [0.2, 0.25) is 0 Å². The van der Waals surface area contributed by atoms with Crippen LogP contribution in [0.15, 0.2) is 42.7 Å². The number of anilines is 4. The van der Waals surface area contributed by atoms with E-state index in [9.17, 15) is 17.6 Å². The van der Waals surface area contributed by atoms with Crippen LogP contribution in [-0.4, -0.2) is 64.9 Å². The molecule has 1 saturated heterocycles. The van der Waals surface area contributed by atoms with Crippen LogP contribution < -0.4 is 15.1 Å². The van der Waals surface area contributed by atoms with Crippen molar-refractivity contribution in [2.45, 2.75) is 20.0 Å². The molecular weight excluding hydrogens is 528 g/mol. The highest BCUT2D eigenvalue weighted by Crippen LogP contribution is 2.35. The summed E-state index contributed by atoms with van der Waals surface area (Å²) in [5.41, 5.74) is 1.67. The van der Waals surface area contributed by atoms with E-state index in [1.807, 2.05) is 23.3 Å². The summed E-state index contributed by atoms with van der Waals surface area (Å²) >= 11 is 0. The lowest BCUT2D eigenvalue weighted by Gasteiger charge is -2.28. The molecule has 13 heteroatoms. The molecule has 4 heterocycles. The lowest BCUT2D eigenvalue weighted by atomic mass is 10.1. The third kappa shape index (κ3) is 5.55. The van der Waals surface area contributed by atoms with Crippen molar-refractivity contribution in [2.75, 3.05) is 55.5 Å². The van der Waals surface area contributed by atoms with E-state index in [1.54, 1.807) is 37.2 Å². The fourth-order valence-electron chi connectivity index (χ4n) is 4.52. The highest BCUT2D eigenvalue weighted by molar-refractivity contribution is 5.67. The zero-order valence-corrected chi connectivity index (χ0v) is 22.4. The number of aromatic nitrogens is 5. The number of imidazole rings is 1. The molecule has 4 aromatic rings. The van der Waals surface area contributed by atoms with Crippen molar-refractivity contribution in [2.24, 2.45) is 0 Å². The Hall–Kier alpha value is -4.26. The maximum absolute atomic E-state index is 14.5. The Morgan fingerprint density at radius 1 is 0.950 bits per heavy atom. The lowest BCUT2D eigenvalue weighted by Crippen LogP contribution is -2.37. The van der Waals surface area contributed by atoms with Crippen molar-refractivity contribution in [1.29, 1.82) is 0 Å². The minimum atomic E-state index is -4.48. The van der Waals surface area contributed by atoms with Crippen LogP contribution in [0, 0.1) is 19.7 Å². The number of morpholine rings is 1. The lowest BCUT2D eigenvalue weighted by molar-refractivity contribution is -0.137. The van der Waals surface area contributed by atoms with E-state index < -0.39 is 17.6 Å². The number of hydrogen-bond acceptors (Lipinski definition) is 8. The molecule has 0 saturated carbocycles. The van der Waals surface area contributed by atoms with E-state index in [2.05, 4.69) is 25.3 Å². The number of pyridine rings is 1. The second kappa shape index (κ2) is 10.7. The molecule has 0 amide bonds. The SMILES string of the molecule is Cc1nc(-c2ncc(F)c(N3CCOCC3)n2)c(C)n1-c1ccc(Nc2cc(N(C)C)cc(C(F)(F)F)c2)cn1. The molecule has 1 fully saturated rings. The van der Waals surface area contributed by atoms with Crippen LogP contribution >= 0.6 is 0 Å². The summed E-state index contributed by atoms with van der Waals surface area (Å²) in [7, 11) is 3.36. The molecule has 1 N–H and O–H groups in total. The molecule has 0 spiro atoms. The van der Waals surface area contributed by atoms with Crippen molar-refractivity contribution in [3.8, 4) is 17.3 Å². The summed E-state index contributed by atoms with van der Waals surface area (Å²) in [6, 6.07) is 7.25. The molecule has 40 heavy (non-hydrogen) atoms. The average molecular weight is 557 g/mol. The second-order valence-corrected chi connectivity index (χ2v) is 9.58. The molecular formula is C27H28F4N8O. The predicted molar refractivity (Wildman–Crippen MR) is 144 cm³/mol. The molecule has 5 rings (SSSR count). The third-order valence-electron chi connectivity index (χ3n) is 6.55. The van der Waals surface area contributed by atoms with E-state index in [4.69, 9.17) is 4.74 Å². The molecule has 0 aliphatic carbocycles. The minimum absolute atomic E-state index is 0.209. The number of alkyl halides is 3. The van der Waals surface area contributed by atoms with Gasteiger partial charge in [0.25, 0.3) is 0 Å². The molecule has 1 aliphatic heterocycles. The number of nitrogens with one attached hydrogen (secondary N) is 1. The van der Waals surface area contributed by atoms with Crippen LogP contribution in [0.25, 0.3) is 17.3 Å². The number of nitrogens with zero attached hydrogens (tertiary/aromatic N) is 7. The molecule has 0 radical (unpaired) electrons. The molecule has 0 unspecified atom stereocenters. The number of benzene rings is 1. The van der Waals surface area contributed by atoms with Crippen LogP contribution in [0.5, 0.6) is 0 Å². The van der Waals surface area contributed by atoms with Crippen LogP contribution in [0.1, 0.15) is 17.1 Å². The Kier molecular flexibility index (Phi) is 7.32. The van der Waals surface area contributed by atoms with Crippen LogP contribution in [-0.2, 0) is 10.9 Å². The second-order valence-electron chi connectivity index (χ2n) is 9.58. The summed E-state index contributed by atoms with van der Waals surface area (Å²) < 4.78 is 62.0. The minimum Gasteiger partial charge on any atom is -0.378 e. The monoisotopic (exact) mass is 556 g/mol. The van der Waals surface area contributed by atoms with Gasteiger partial charge in [0.15, 0.2) is 17.5 Å². The molecule has 9 nitrogen and oxygen atoms in total. The number of ether oxygens (including phenoxy) is 1. The molecule has 3 aromatic heterocycles. The van der Waals surface area contributed by atoms with Gasteiger partial charge >= 0.3 is 6.18 Å². The van der Waals surface area contributed by atoms with Crippen molar-refractivity contribution < 1.29 is 22.3 Å². The first-order valence-electron chi connectivity index (χ1n) is 12.6. The number of rotatable bonds is 6. The number of aryl methyl sites for hydroxylation is 1. The Morgan fingerprint density at radius 2 is 1.70 bits per heavy atom. The average Bonchev–Trinajstić information content (AvgIpc) is 3.22. The van der Waals surface area contributed by atoms with Gasteiger partial charge in [-0.05, 0) is 44.2 Å². The van der Waals surface area contributed by atoms with Gasteiger partial charge in [0.05, 0.1) is 42.6 Å². The third-order valence-corrected chi connectivity index (χ3v) is 6.55. The molecule has 1 aromatic carbocycles. The summed E-state index contributed by atoms with van der Waals surface area (Å²) in [6.07, 6.45) is -1.79. The largest absolute Gasteiger partial charge is 0.416 e. The smallest absolute Gasteiger partial charge is 0.378 e. The summed E-state index contributed by atoms with van der Waals surface area (Å²) in [5, 5.41) is 3.01. The van der Waals surface area contributed by atoms with Crippen molar-refractivity contribution in [3.63, 3.8) is 0 Å². The van der Waals surface area contributed by atoms with Crippen molar-refractivity contribution >= 4 is 22.9 Å². The fraction of sp³-hybridized carbons (Fsp3) is 0.333. The first-order valence-corrected chi connectivity index (χ1v) is 12.6. The van der Waals surface area contributed by atoms with Gasteiger partial charge in [-0.15, -0.1) is 0 Å². The zero-order chi connectivity index (χ0) is 28.6. The van der Waals surface area contributed by atoms with E-state index in [0.29, 0.717) is 66.5 Å². The highest BCUT2D eigenvalue weighted by atomic mass is 19.4.